The maximum Gasteiger partial charge on any atom is 0.293 e. The summed E-state index contributed by atoms with van der Waals surface area (Å²) in [4.78, 5) is 29.2. The van der Waals surface area contributed by atoms with E-state index in [2.05, 4.69) is 29.7 Å². The molecule has 0 aromatic carbocycles. The average molecular weight is 325 g/mol. The Kier molecular flexibility index (Phi) is 5.90. The van der Waals surface area contributed by atoms with Crippen LogP contribution < -0.4 is 15.8 Å². The third-order valence-electron chi connectivity index (χ3n) is 3.81. The molecule has 3 atom stereocenters. The quantitative estimate of drug-likeness (QED) is 0.666. The number of thiazole rings is 1. The third-order valence-corrected chi connectivity index (χ3v) is 4.78. The molecule has 2 amide bonds. The van der Waals surface area contributed by atoms with Gasteiger partial charge in [-0.2, -0.15) is 0 Å². The van der Waals surface area contributed by atoms with Crippen LogP contribution in [0.2, 0.25) is 0 Å². The van der Waals surface area contributed by atoms with Crippen molar-refractivity contribution in [3.05, 3.63) is 16.1 Å². The minimum atomic E-state index is -0.238. The summed E-state index contributed by atoms with van der Waals surface area (Å²) in [5.74, 6) is 0.918. The maximum atomic E-state index is 11.9. The number of rotatable bonds is 4. The zero-order valence-electron chi connectivity index (χ0n) is 13.4. The molecule has 0 spiro atoms. The summed E-state index contributed by atoms with van der Waals surface area (Å²) in [6, 6.07) is 0. The van der Waals surface area contributed by atoms with Gasteiger partial charge in [0.05, 0.1) is 19.5 Å². The van der Waals surface area contributed by atoms with Crippen molar-refractivity contribution in [2.45, 2.75) is 33.6 Å². The van der Waals surface area contributed by atoms with Gasteiger partial charge in [0.15, 0.2) is 6.54 Å². The average Bonchev–Trinajstić information content (AvgIpc) is 2.80. The van der Waals surface area contributed by atoms with Crippen LogP contribution in [0.5, 0.6) is 0 Å². The SMILES string of the molecule is Cc1csc(CC(=O)NNC(=O)C[NH+]2C[C@H](C)C[C@H](C)C2)n1. The van der Waals surface area contributed by atoms with E-state index in [-0.39, 0.29) is 18.2 Å². The summed E-state index contributed by atoms with van der Waals surface area (Å²) >= 11 is 1.45. The normalized spacial score (nSPS) is 24.8. The number of piperidine rings is 1. The largest absolute Gasteiger partial charge is 0.327 e. The van der Waals surface area contributed by atoms with Crippen LogP contribution >= 0.6 is 11.3 Å². The molecule has 122 valence electrons. The monoisotopic (exact) mass is 325 g/mol. The Balaban J connectivity index is 1.69. The lowest BCUT2D eigenvalue weighted by atomic mass is 9.92. The Morgan fingerprint density at radius 3 is 2.50 bits per heavy atom. The summed E-state index contributed by atoms with van der Waals surface area (Å²) in [5.41, 5.74) is 5.88. The van der Waals surface area contributed by atoms with Gasteiger partial charge in [-0.25, -0.2) is 4.98 Å². The van der Waals surface area contributed by atoms with E-state index in [1.807, 2.05) is 12.3 Å². The van der Waals surface area contributed by atoms with Crippen molar-refractivity contribution in [3.8, 4) is 0 Å². The molecular formula is C15H25N4O2S+. The summed E-state index contributed by atoms with van der Waals surface area (Å²) in [5, 5.41) is 2.66. The highest BCUT2D eigenvalue weighted by Crippen LogP contribution is 2.11. The highest BCUT2D eigenvalue weighted by Gasteiger charge is 2.26. The van der Waals surface area contributed by atoms with Crippen LogP contribution in [-0.2, 0) is 16.0 Å². The second-order valence-electron chi connectivity index (χ2n) is 6.44. The van der Waals surface area contributed by atoms with Gasteiger partial charge in [0.1, 0.15) is 5.01 Å². The third kappa shape index (κ3) is 5.38. The van der Waals surface area contributed by atoms with E-state index < -0.39 is 0 Å². The molecule has 2 heterocycles. The van der Waals surface area contributed by atoms with Gasteiger partial charge in [-0.15, -0.1) is 11.3 Å². The van der Waals surface area contributed by atoms with Crippen molar-refractivity contribution in [3.63, 3.8) is 0 Å². The molecule has 6 nitrogen and oxygen atoms in total. The molecule has 1 saturated heterocycles. The second-order valence-corrected chi connectivity index (χ2v) is 7.38. The highest BCUT2D eigenvalue weighted by atomic mass is 32.1. The molecule has 7 heteroatoms. The summed E-state index contributed by atoms with van der Waals surface area (Å²) < 4.78 is 0. The van der Waals surface area contributed by atoms with E-state index in [0.717, 1.165) is 23.8 Å². The van der Waals surface area contributed by atoms with Crippen LogP contribution in [0.25, 0.3) is 0 Å². The predicted octanol–water partition coefficient (Wildman–Crippen LogP) is -0.298. The van der Waals surface area contributed by atoms with Crippen LogP contribution in [0.3, 0.4) is 0 Å². The fraction of sp³-hybridized carbons (Fsp3) is 0.667. The number of carbonyl (C=O) groups excluding carboxylic acids is 2. The Morgan fingerprint density at radius 1 is 1.27 bits per heavy atom. The number of amides is 2. The molecule has 0 bridgehead atoms. The number of likely N-dealkylation sites (tertiary alicyclic amines) is 1. The molecule has 1 aliphatic heterocycles. The van der Waals surface area contributed by atoms with Gasteiger partial charge in [0, 0.05) is 22.9 Å². The van der Waals surface area contributed by atoms with Gasteiger partial charge in [-0.05, 0) is 13.3 Å². The van der Waals surface area contributed by atoms with Crippen LogP contribution in [-0.4, -0.2) is 36.4 Å². The Hall–Kier alpha value is -1.47. The molecule has 1 unspecified atom stereocenters. The van der Waals surface area contributed by atoms with Gasteiger partial charge in [-0.3, -0.25) is 20.4 Å². The lowest BCUT2D eigenvalue weighted by Gasteiger charge is -2.31. The van der Waals surface area contributed by atoms with Crippen LogP contribution in [0, 0.1) is 18.8 Å². The first-order chi connectivity index (χ1) is 10.4. The Labute approximate surface area is 135 Å². The maximum absolute atomic E-state index is 11.9. The van der Waals surface area contributed by atoms with Crippen molar-refractivity contribution in [1.29, 1.82) is 0 Å². The van der Waals surface area contributed by atoms with Crippen molar-refractivity contribution in [2.75, 3.05) is 19.6 Å². The minimum Gasteiger partial charge on any atom is -0.327 e. The molecule has 1 aromatic heterocycles. The van der Waals surface area contributed by atoms with Crippen LogP contribution in [0.15, 0.2) is 5.38 Å². The fourth-order valence-electron chi connectivity index (χ4n) is 3.14. The molecule has 2 rings (SSSR count). The van der Waals surface area contributed by atoms with E-state index in [4.69, 9.17) is 0 Å². The van der Waals surface area contributed by atoms with Crippen molar-refractivity contribution in [2.24, 2.45) is 11.8 Å². The van der Waals surface area contributed by atoms with Gasteiger partial charge < -0.3 is 4.90 Å². The van der Waals surface area contributed by atoms with E-state index in [1.54, 1.807) is 0 Å². The smallest absolute Gasteiger partial charge is 0.293 e. The van der Waals surface area contributed by atoms with E-state index in [1.165, 1.54) is 22.7 Å². The van der Waals surface area contributed by atoms with Crippen molar-refractivity contribution >= 4 is 23.2 Å². The zero-order chi connectivity index (χ0) is 16.1. The molecule has 3 N–H and O–H groups in total. The zero-order valence-corrected chi connectivity index (χ0v) is 14.3. The first kappa shape index (κ1) is 16.9. The number of aromatic nitrogens is 1. The lowest BCUT2D eigenvalue weighted by Crippen LogP contribution is -3.15. The molecule has 0 aliphatic carbocycles. The van der Waals surface area contributed by atoms with Crippen molar-refractivity contribution < 1.29 is 14.5 Å². The number of quaternary nitrogens is 1. The molecule has 1 fully saturated rings. The van der Waals surface area contributed by atoms with Crippen LogP contribution in [0.4, 0.5) is 0 Å². The topological polar surface area (TPSA) is 75.5 Å². The summed E-state index contributed by atoms with van der Waals surface area (Å²) in [6.45, 7) is 8.79. The fourth-order valence-corrected chi connectivity index (χ4v) is 3.91. The van der Waals surface area contributed by atoms with Gasteiger partial charge in [-0.1, -0.05) is 13.8 Å². The van der Waals surface area contributed by atoms with E-state index in [9.17, 15) is 9.59 Å². The van der Waals surface area contributed by atoms with Crippen molar-refractivity contribution in [1.82, 2.24) is 15.8 Å². The minimum absolute atomic E-state index is 0.139. The number of nitrogens with one attached hydrogen (secondary N) is 3. The van der Waals surface area contributed by atoms with Gasteiger partial charge in [0.2, 0.25) is 5.91 Å². The molecular weight excluding hydrogens is 300 g/mol. The van der Waals surface area contributed by atoms with E-state index >= 15 is 0 Å². The number of nitrogens with zero attached hydrogens (tertiary/aromatic N) is 1. The first-order valence-corrected chi connectivity index (χ1v) is 8.62. The molecule has 0 radical (unpaired) electrons. The number of hydrogen-bond donors (Lipinski definition) is 3. The highest BCUT2D eigenvalue weighted by molar-refractivity contribution is 7.09. The standard InChI is InChI=1S/C15H24N4O2S/c1-10-4-11(2)7-19(6-10)8-14(21)18-17-13(20)5-15-16-12(3)9-22-15/h9-11H,4-8H2,1-3H3,(H,17,20)(H,18,21)/p+1/t10-,11+. The number of hydrogen-bond acceptors (Lipinski definition) is 4. The summed E-state index contributed by atoms with van der Waals surface area (Å²) in [6.07, 6.45) is 1.43. The van der Waals surface area contributed by atoms with E-state index in [0.29, 0.717) is 18.4 Å². The number of hydrazine groups is 1. The number of aryl methyl sites for hydroxylation is 1. The number of carbonyl (C=O) groups is 2. The second kappa shape index (κ2) is 7.69. The molecule has 22 heavy (non-hydrogen) atoms. The first-order valence-electron chi connectivity index (χ1n) is 7.74. The molecule has 0 saturated carbocycles. The van der Waals surface area contributed by atoms with Gasteiger partial charge >= 0.3 is 0 Å². The molecule has 1 aromatic rings. The Bertz CT molecular complexity index is 521. The summed E-state index contributed by atoms with van der Waals surface area (Å²) in [7, 11) is 0. The molecule has 1 aliphatic rings. The van der Waals surface area contributed by atoms with Crippen LogP contribution in [0.1, 0.15) is 31.0 Å². The predicted molar refractivity (Wildman–Crippen MR) is 85.3 cm³/mol. The lowest BCUT2D eigenvalue weighted by molar-refractivity contribution is -0.904. The van der Waals surface area contributed by atoms with Gasteiger partial charge in [0.25, 0.3) is 5.91 Å². The Morgan fingerprint density at radius 2 is 1.91 bits per heavy atom.